The number of esters is 1. The Morgan fingerprint density at radius 3 is 2.53 bits per heavy atom. The molecule has 0 bridgehead atoms. The molecule has 6 heteroatoms. The van der Waals surface area contributed by atoms with Gasteiger partial charge in [0.1, 0.15) is 5.75 Å². The van der Waals surface area contributed by atoms with Crippen molar-refractivity contribution >= 4 is 14.8 Å². The number of carbonyl (C=O) groups is 1. The molecule has 0 saturated heterocycles. The first-order valence-corrected chi connectivity index (χ1v) is 7.19. The van der Waals surface area contributed by atoms with Crippen LogP contribution in [0.3, 0.4) is 0 Å². The second-order valence-corrected chi connectivity index (χ2v) is 5.64. The van der Waals surface area contributed by atoms with E-state index >= 15 is 0 Å². The molecule has 1 aromatic carbocycles. The largest absolute Gasteiger partial charge is 0.492 e. The number of aryl methyl sites for hydroxylation is 1. The van der Waals surface area contributed by atoms with Crippen LogP contribution in [0.15, 0.2) is 24.3 Å². The molecular weight excluding hydrogens is 240 g/mol. The lowest BCUT2D eigenvalue weighted by Gasteiger charge is -2.08. The van der Waals surface area contributed by atoms with Crippen molar-refractivity contribution in [2.75, 3.05) is 0 Å². The highest BCUT2D eigenvalue weighted by Gasteiger charge is 2.25. The Balaban J connectivity index is 2.47. The van der Waals surface area contributed by atoms with Gasteiger partial charge in [-0.3, -0.25) is 4.79 Å². The summed E-state index contributed by atoms with van der Waals surface area (Å²) in [5, 5.41) is 0. The molecule has 0 aliphatic carbocycles. The molecule has 0 heterocycles. The van der Waals surface area contributed by atoms with Crippen LogP contribution in [0, 0.1) is 0 Å². The van der Waals surface area contributed by atoms with E-state index in [4.69, 9.17) is 9.03 Å². The molecule has 0 aliphatic heterocycles. The van der Waals surface area contributed by atoms with Crippen molar-refractivity contribution in [2.45, 2.75) is 25.8 Å². The third-order valence-electron chi connectivity index (χ3n) is 2.13. The molecule has 0 spiro atoms. The zero-order valence-corrected chi connectivity index (χ0v) is 10.5. The first-order valence-electron chi connectivity index (χ1n) is 6.48. The van der Waals surface area contributed by atoms with Crippen LogP contribution in [0.1, 0.15) is 18.9 Å². The van der Waals surface area contributed by atoms with Crippen molar-refractivity contribution in [2.24, 2.45) is 0 Å². The molecule has 94 valence electrons. The fourth-order valence-corrected chi connectivity index (χ4v) is 2.01. The van der Waals surface area contributed by atoms with Gasteiger partial charge in [0.25, 0.3) is 0 Å². The van der Waals surface area contributed by atoms with Crippen molar-refractivity contribution in [1.29, 1.82) is 4.29 Å². The molecule has 0 amide bonds. The fraction of sp³-hybridized carbons (Fsp3) is 0.364. The Kier molecular flexibility index (Phi) is 3.41. The topological polar surface area (TPSA) is 87.0 Å². The van der Waals surface area contributed by atoms with E-state index in [0.29, 0.717) is 18.6 Å². The number of benzene rings is 1. The lowest BCUT2D eigenvalue weighted by molar-refractivity contribution is -0.131. The Bertz CT molecular complexity index is 416. The molecular formula is C11H16O5Si. The Hall–Kier alpha value is -1.21. The smallest absolute Gasteiger partial charge is 0.427 e. The van der Waals surface area contributed by atoms with E-state index in [9.17, 15) is 4.79 Å². The minimum atomic E-state index is -3.47. The van der Waals surface area contributed by atoms with E-state index in [1.54, 1.807) is 12.1 Å². The maximum atomic E-state index is 10.8. The van der Waals surface area contributed by atoms with E-state index in [2.05, 4.69) is 14.4 Å². The summed E-state index contributed by atoms with van der Waals surface area (Å²) in [5.41, 5.74) is 0.990. The van der Waals surface area contributed by atoms with Crippen LogP contribution in [0.4, 0.5) is 0 Å². The summed E-state index contributed by atoms with van der Waals surface area (Å²) in [6.07, 6.45) is 1.20. The predicted molar refractivity (Wildman–Crippen MR) is 63.3 cm³/mol. The Morgan fingerprint density at radius 1 is 1.35 bits per heavy atom. The summed E-state index contributed by atoms with van der Waals surface area (Å²) in [5.74, 6) is 0.102. The minimum absolute atomic E-state index is 0.204. The Labute approximate surface area is 105 Å². The summed E-state index contributed by atoms with van der Waals surface area (Å²) in [7, 11) is -3.47. The van der Waals surface area contributed by atoms with Gasteiger partial charge in [-0.15, -0.1) is 0 Å². The van der Waals surface area contributed by atoms with Gasteiger partial charge in [0.05, 0.1) is 0 Å². The van der Waals surface area contributed by atoms with Gasteiger partial charge in [-0.05, 0) is 30.5 Å². The van der Waals surface area contributed by atoms with Gasteiger partial charge in [-0.25, -0.2) is 0 Å². The molecule has 0 atom stereocenters. The van der Waals surface area contributed by atoms with Gasteiger partial charge in [0.2, 0.25) is 0 Å². The average molecular weight is 262 g/mol. The van der Waals surface area contributed by atoms with Crippen molar-refractivity contribution in [3.8, 4) is 5.75 Å². The van der Waals surface area contributed by atoms with Crippen molar-refractivity contribution in [1.82, 2.24) is 0 Å². The lowest BCUT2D eigenvalue weighted by atomic mass is 10.1. The minimum Gasteiger partial charge on any atom is -0.427 e. The highest BCUT2D eigenvalue weighted by molar-refractivity contribution is 6.56. The SMILES string of the molecule is [3H]O[Si](CCCc1ccc(OC(C)=O)cc1)(O[3H])O[3H]. The molecule has 0 fully saturated rings. The normalized spacial score (nSPS) is 13.6. The van der Waals surface area contributed by atoms with Crippen molar-refractivity contribution in [3.05, 3.63) is 29.8 Å². The fourth-order valence-electron chi connectivity index (χ4n) is 1.40. The summed E-state index contributed by atoms with van der Waals surface area (Å²) in [4.78, 5) is 23.5. The van der Waals surface area contributed by atoms with Crippen LogP contribution in [-0.4, -0.2) is 33.5 Å². The van der Waals surface area contributed by atoms with Gasteiger partial charge >= 0.3 is 14.8 Å². The highest BCUT2D eigenvalue weighted by Crippen LogP contribution is 2.15. The molecule has 1 aromatic rings. The number of hydrogen-bond donors (Lipinski definition) is 3. The zero-order valence-electron chi connectivity index (χ0n) is 12.5. The molecule has 5 nitrogen and oxygen atoms in total. The first-order chi connectivity index (χ1) is 9.55. The molecule has 0 radical (unpaired) electrons. The second kappa shape index (κ2) is 5.92. The van der Waals surface area contributed by atoms with E-state index < -0.39 is 8.80 Å². The summed E-state index contributed by atoms with van der Waals surface area (Å²) >= 11 is 0. The molecule has 0 unspecified atom stereocenters. The van der Waals surface area contributed by atoms with Gasteiger partial charge in [0, 0.05) is 13.0 Å². The highest BCUT2D eigenvalue weighted by atomic mass is 28.4. The number of carbonyl (C=O) groups excluding carboxylic acids is 1. The second-order valence-electron chi connectivity index (χ2n) is 3.77. The Morgan fingerprint density at radius 2 is 2.00 bits per heavy atom. The van der Waals surface area contributed by atoms with E-state index in [-0.39, 0.29) is 12.0 Å². The molecule has 0 saturated carbocycles. The van der Waals surface area contributed by atoms with Crippen LogP contribution >= 0.6 is 0 Å². The maximum absolute atomic E-state index is 10.8. The molecule has 17 heavy (non-hydrogen) atoms. The van der Waals surface area contributed by atoms with Crippen LogP contribution in [0.25, 0.3) is 0 Å². The predicted octanol–water partition coefficient (Wildman–Crippen LogP) is 0.460. The van der Waals surface area contributed by atoms with Gasteiger partial charge in [0.15, 0.2) is 4.29 Å². The van der Waals surface area contributed by atoms with E-state index in [1.165, 1.54) is 6.92 Å². The quantitative estimate of drug-likeness (QED) is 0.360. The number of rotatable bonds is 8. The monoisotopic (exact) mass is 262 g/mol. The summed E-state index contributed by atoms with van der Waals surface area (Å²) < 4.78 is 25.3. The van der Waals surface area contributed by atoms with Crippen molar-refractivity contribution in [3.63, 3.8) is 0 Å². The van der Waals surface area contributed by atoms with E-state index in [1.807, 2.05) is 12.1 Å². The van der Waals surface area contributed by atoms with Crippen LogP contribution in [0.2, 0.25) is 6.04 Å². The van der Waals surface area contributed by atoms with Crippen LogP contribution < -0.4 is 4.74 Å². The molecule has 1 rings (SSSR count). The maximum Gasteiger partial charge on any atom is 0.492 e. The van der Waals surface area contributed by atoms with Gasteiger partial charge in [-0.1, -0.05) is 12.1 Å². The summed E-state index contributed by atoms with van der Waals surface area (Å²) in [6.45, 7) is 1.33. The van der Waals surface area contributed by atoms with Crippen LogP contribution in [-0.2, 0) is 11.2 Å². The third kappa shape index (κ3) is 6.18. The first kappa shape index (κ1) is 9.78. The van der Waals surface area contributed by atoms with E-state index in [0.717, 1.165) is 5.56 Å². The average Bonchev–Trinajstić information content (AvgIpc) is 2.45. The van der Waals surface area contributed by atoms with Gasteiger partial charge in [-0.2, -0.15) is 0 Å². The van der Waals surface area contributed by atoms with Crippen molar-refractivity contribution < 1.29 is 23.9 Å². The lowest BCUT2D eigenvalue weighted by Crippen LogP contribution is -2.34. The molecule has 0 aromatic heterocycles. The number of hydrogen-bond acceptors (Lipinski definition) is 5. The zero-order chi connectivity index (χ0) is 15.0. The molecule has 0 aliphatic rings. The summed E-state index contributed by atoms with van der Waals surface area (Å²) in [6, 6.07) is 7.20. The standard InChI is InChI=1S/C11H16O5Si/c1-9(12)16-11-6-4-10(5-7-11)3-2-8-17(13,14)15/h4-7,13-15H,2-3,8H2,1H3/i13T,14T,15T. The number of ether oxygens (including phenoxy) is 1. The van der Waals surface area contributed by atoms with Gasteiger partial charge < -0.3 is 19.1 Å². The molecule has 3 N–H and O–H groups in total. The van der Waals surface area contributed by atoms with Crippen LogP contribution in [0.5, 0.6) is 5.75 Å². The third-order valence-corrected chi connectivity index (χ3v) is 3.10.